The molecule has 0 heterocycles. The van der Waals surface area contributed by atoms with Gasteiger partial charge in [-0.1, -0.05) is 0 Å². The van der Waals surface area contributed by atoms with E-state index in [4.69, 9.17) is 10.8 Å². The zero-order valence-electron chi connectivity index (χ0n) is 8.13. The Kier molecular flexibility index (Phi) is 2.07. The minimum Gasteiger partial charge on any atom is -0.480 e. The van der Waals surface area contributed by atoms with E-state index in [-0.39, 0.29) is 5.41 Å². The first-order valence-electron chi connectivity index (χ1n) is 5.15. The molecule has 3 rings (SSSR count). The highest BCUT2D eigenvalue weighted by atomic mass is 19.1. The molecule has 0 aromatic heterocycles. The van der Waals surface area contributed by atoms with Crippen molar-refractivity contribution in [2.45, 2.75) is 50.2 Å². The number of hydrogen-bond donors (Lipinski definition) is 2. The van der Waals surface area contributed by atoms with Crippen LogP contribution in [-0.4, -0.2) is 22.8 Å². The van der Waals surface area contributed by atoms with Gasteiger partial charge in [-0.15, -0.1) is 0 Å². The van der Waals surface area contributed by atoms with Gasteiger partial charge in [0.15, 0.2) is 0 Å². The number of carbonyl (C=O) groups is 1. The Labute approximate surface area is 82.5 Å². The third-order valence-electron chi connectivity index (χ3n) is 4.14. The van der Waals surface area contributed by atoms with E-state index in [2.05, 4.69) is 0 Å². The lowest BCUT2D eigenvalue weighted by molar-refractivity contribution is -0.146. The number of carboxylic acids is 1. The van der Waals surface area contributed by atoms with E-state index in [1.807, 2.05) is 0 Å². The van der Waals surface area contributed by atoms with Crippen molar-refractivity contribution in [1.82, 2.24) is 0 Å². The molecule has 0 aliphatic heterocycles. The van der Waals surface area contributed by atoms with Crippen molar-refractivity contribution in [3.05, 3.63) is 0 Å². The van der Waals surface area contributed by atoms with Crippen LogP contribution in [0.15, 0.2) is 0 Å². The van der Waals surface area contributed by atoms with Gasteiger partial charge in [0.25, 0.3) is 0 Å². The van der Waals surface area contributed by atoms with Crippen molar-refractivity contribution >= 4 is 5.97 Å². The zero-order chi connectivity index (χ0) is 10.4. The van der Waals surface area contributed by atoms with Crippen LogP contribution in [0.25, 0.3) is 0 Å². The highest BCUT2D eigenvalue weighted by molar-refractivity contribution is 5.74. The number of carboxylic acid groups (broad SMARTS) is 1. The van der Waals surface area contributed by atoms with E-state index in [0.717, 1.165) is 0 Å². The topological polar surface area (TPSA) is 63.3 Å². The lowest BCUT2D eigenvalue weighted by Gasteiger charge is -2.51. The minimum absolute atomic E-state index is 0.320. The molecule has 0 spiro atoms. The first kappa shape index (κ1) is 9.90. The van der Waals surface area contributed by atoms with Gasteiger partial charge < -0.3 is 10.8 Å². The fraction of sp³-hybridized carbons (Fsp3) is 0.900. The Hall–Kier alpha value is -0.640. The molecule has 80 valence electrons. The van der Waals surface area contributed by atoms with Crippen LogP contribution in [0.4, 0.5) is 4.39 Å². The minimum atomic E-state index is -1.01. The van der Waals surface area contributed by atoms with Gasteiger partial charge in [-0.3, -0.25) is 4.79 Å². The van der Waals surface area contributed by atoms with E-state index in [0.29, 0.717) is 38.5 Å². The molecule has 3 N–H and O–H groups in total. The predicted molar refractivity (Wildman–Crippen MR) is 49.6 cm³/mol. The number of halogens is 1. The second kappa shape index (κ2) is 2.92. The summed E-state index contributed by atoms with van der Waals surface area (Å²) in [6.07, 6.45) is 3.39. The number of hydrogen-bond acceptors (Lipinski definition) is 2. The number of fused-ring (bicyclic) bond motifs is 3. The number of nitrogens with two attached hydrogens (primary N) is 1. The molecule has 0 saturated heterocycles. The van der Waals surface area contributed by atoms with Gasteiger partial charge in [0.1, 0.15) is 11.7 Å². The fourth-order valence-electron chi connectivity index (χ4n) is 2.90. The van der Waals surface area contributed by atoms with Gasteiger partial charge in [0, 0.05) is 0 Å². The molecule has 0 aromatic carbocycles. The van der Waals surface area contributed by atoms with Gasteiger partial charge in [0.05, 0.1) is 0 Å². The molecule has 3 fully saturated rings. The first-order valence-corrected chi connectivity index (χ1v) is 5.15. The summed E-state index contributed by atoms with van der Waals surface area (Å²) in [5, 5.41) is 8.89. The lowest BCUT2D eigenvalue weighted by atomic mass is 9.56. The molecule has 4 heteroatoms. The fourth-order valence-corrected chi connectivity index (χ4v) is 2.90. The second-order valence-corrected chi connectivity index (χ2v) is 4.83. The van der Waals surface area contributed by atoms with Crippen LogP contribution < -0.4 is 5.73 Å². The summed E-state index contributed by atoms with van der Waals surface area (Å²) in [4.78, 5) is 10.8. The number of aliphatic carboxylic acids is 1. The molecule has 0 radical (unpaired) electrons. The highest BCUT2D eigenvalue weighted by Crippen LogP contribution is 2.55. The molecule has 3 saturated carbocycles. The average Bonchev–Trinajstić information content (AvgIpc) is 2.18. The Balaban J connectivity index is 2.16. The summed E-state index contributed by atoms with van der Waals surface area (Å²) in [5.41, 5.74) is 4.35. The van der Waals surface area contributed by atoms with Gasteiger partial charge in [-0.05, 0) is 43.9 Å². The third-order valence-corrected chi connectivity index (χ3v) is 4.14. The van der Waals surface area contributed by atoms with Crippen LogP contribution >= 0.6 is 0 Å². The quantitative estimate of drug-likeness (QED) is 0.711. The van der Waals surface area contributed by atoms with E-state index in [9.17, 15) is 9.18 Å². The second-order valence-electron chi connectivity index (χ2n) is 4.83. The maximum absolute atomic E-state index is 13.8. The highest BCUT2D eigenvalue weighted by Gasteiger charge is 2.53. The molecular weight excluding hydrogens is 185 g/mol. The molecular formula is C10H16FNO2. The predicted octanol–water partition coefficient (Wildman–Crippen LogP) is 1.46. The standard InChI is InChI=1S/C10H16FNO2/c11-10-4-1-9(2-5-10,3-6-10)7(12)8(13)14/h7H,1-6,12H2,(H,13,14)/t7-,9?,10?/m1/s1. The largest absolute Gasteiger partial charge is 0.480 e. The maximum Gasteiger partial charge on any atom is 0.321 e. The lowest BCUT2D eigenvalue weighted by Crippen LogP contribution is -2.55. The van der Waals surface area contributed by atoms with Crippen LogP contribution in [0.5, 0.6) is 0 Å². The Bertz CT molecular complexity index is 242. The van der Waals surface area contributed by atoms with Crippen molar-refractivity contribution in [2.24, 2.45) is 11.1 Å². The van der Waals surface area contributed by atoms with E-state index >= 15 is 0 Å². The van der Waals surface area contributed by atoms with E-state index < -0.39 is 17.7 Å². The van der Waals surface area contributed by atoms with Gasteiger partial charge in [-0.2, -0.15) is 0 Å². The van der Waals surface area contributed by atoms with Crippen molar-refractivity contribution in [1.29, 1.82) is 0 Å². The van der Waals surface area contributed by atoms with Crippen LogP contribution in [0, 0.1) is 5.41 Å². The smallest absolute Gasteiger partial charge is 0.321 e. The van der Waals surface area contributed by atoms with E-state index in [1.165, 1.54) is 0 Å². The number of rotatable bonds is 2. The molecule has 1 atom stereocenters. The van der Waals surface area contributed by atoms with Crippen molar-refractivity contribution < 1.29 is 14.3 Å². The Morgan fingerprint density at radius 3 is 2.00 bits per heavy atom. The summed E-state index contributed by atoms with van der Waals surface area (Å²) in [6, 6.07) is -0.813. The SMILES string of the molecule is N[C@H](C(=O)O)C12CCC(F)(CC1)CC2. The van der Waals surface area contributed by atoms with Crippen LogP contribution in [0.3, 0.4) is 0 Å². The Morgan fingerprint density at radius 1 is 1.21 bits per heavy atom. The van der Waals surface area contributed by atoms with Crippen molar-refractivity contribution in [2.75, 3.05) is 0 Å². The maximum atomic E-state index is 13.8. The zero-order valence-corrected chi connectivity index (χ0v) is 8.13. The van der Waals surface area contributed by atoms with Crippen molar-refractivity contribution in [3.8, 4) is 0 Å². The van der Waals surface area contributed by atoms with Crippen LogP contribution in [0.2, 0.25) is 0 Å². The third kappa shape index (κ3) is 1.32. The van der Waals surface area contributed by atoms with Crippen LogP contribution in [-0.2, 0) is 4.79 Å². The first-order chi connectivity index (χ1) is 6.48. The van der Waals surface area contributed by atoms with Gasteiger partial charge >= 0.3 is 5.97 Å². The summed E-state index contributed by atoms with van der Waals surface area (Å²) in [7, 11) is 0. The Morgan fingerprint density at radius 2 is 1.64 bits per heavy atom. The summed E-state index contributed by atoms with van der Waals surface area (Å²) in [6.45, 7) is 0. The van der Waals surface area contributed by atoms with E-state index in [1.54, 1.807) is 0 Å². The summed E-state index contributed by atoms with van der Waals surface area (Å²) >= 11 is 0. The van der Waals surface area contributed by atoms with Gasteiger partial charge in [0.2, 0.25) is 0 Å². The number of alkyl halides is 1. The summed E-state index contributed by atoms with van der Waals surface area (Å²) in [5.74, 6) is -0.946. The summed E-state index contributed by atoms with van der Waals surface area (Å²) < 4.78 is 13.8. The molecule has 14 heavy (non-hydrogen) atoms. The molecule has 3 nitrogen and oxygen atoms in total. The molecule has 0 aromatic rings. The molecule has 3 aliphatic rings. The van der Waals surface area contributed by atoms with Crippen LogP contribution in [0.1, 0.15) is 38.5 Å². The normalized spacial score (nSPS) is 43.6. The van der Waals surface area contributed by atoms with Gasteiger partial charge in [-0.25, -0.2) is 4.39 Å². The monoisotopic (exact) mass is 201 g/mol. The van der Waals surface area contributed by atoms with Crippen molar-refractivity contribution in [3.63, 3.8) is 0 Å². The molecule has 3 aliphatic carbocycles. The average molecular weight is 201 g/mol. The molecule has 0 unspecified atom stereocenters. The molecule has 2 bridgehead atoms. The molecule has 0 amide bonds.